The molecule has 0 bridgehead atoms. The summed E-state index contributed by atoms with van der Waals surface area (Å²) in [6.07, 6.45) is 0. The molecular formula is C16H19NO3. The highest BCUT2D eigenvalue weighted by atomic mass is 16.5. The molecule has 0 aliphatic heterocycles. The minimum Gasteiger partial charge on any atom is -0.496 e. The number of benzene rings is 2. The standard InChI is InChI=1S/C16H19NO3/c1-10-5-6-13(17)12(7-10)16-14(19-3)8-11(18-2)9-15(16)20-4/h5-9H,17H2,1-4H3. The average Bonchev–Trinajstić information content (AvgIpc) is 2.48. The van der Waals surface area contributed by atoms with Crippen molar-refractivity contribution in [1.82, 2.24) is 0 Å². The van der Waals surface area contributed by atoms with Gasteiger partial charge in [-0.25, -0.2) is 0 Å². The smallest absolute Gasteiger partial charge is 0.134 e. The van der Waals surface area contributed by atoms with E-state index in [0.717, 1.165) is 16.7 Å². The van der Waals surface area contributed by atoms with Crippen LogP contribution < -0.4 is 19.9 Å². The molecule has 2 rings (SSSR count). The molecule has 4 nitrogen and oxygen atoms in total. The van der Waals surface area contributed by atoms with Crippen LogP contribution in [-0.4, -0.2) is 21.3 Å². The van der Waals surface area contributed by atoms with Gasteiger partial charge in [0.2, 0.25) is 0 Å². The number of methoxy groups -OCH3 is 3. The molecule has 2 aromatic rings. The summed E-state index contributed by atoms with van der Waals surface area (Å²) in [5.41, 5.74) is 9.62. The van der Waals surface area contributed by atoms with E-state index < -0.39 is 0 Å². The van der Waals surface area contributed by atoms with Crippen molar-refractivity contribution >= 4 is 5.69 Å². The van der Waals surface area contributed by atoms with E-state index in [1.54, 1.807) is 21.3 Å². The molecule has 0 radical (unpaired) electrons. The highest BCUT2D eigenvalue weighted by Gasteiger charge is 2.17. The second-order valence-electron chi connectivity index (χ2n) is 4.50. The van der Waals surface area contributed by atoms with Crippen LogP contribution in [0.5, 0.6) is 17.2 Å². The third-order valence-electron chi connectivity index (χ3n) is 3.19. The summed E-state index contributed by atoms with van der Waals surface area (Å²) in [5, 5.41) is 0. The van der Waals surface area contributed by atoms with Crippen LogP contribution in [-0.2, 0) is 0 Å². The Kier molecular flexibility index (Phi) is 4.03. The fourth-order valence-electron chi connectivity index (χ4n) is 2.16. The number of rotatable bonds is 4. The minimum atomic E-state index is 0.665. The van der Waals surface area contributed by atoms with Gasteiger partial charge in [0, 0.05) is 23.4 Å². The van der Waals surface area contributed by atoms with Crippen molar-refractivity contribution in [3.05, 3.63) is 35.9 Å². The second kappa shape index (κ2) is 5.74. The summed E-state index contributed by atoms with van der Waals surface area (Å²) >= 11 is 0. The predicted octanol–water partition coefficient (Wildman–Crippen LogP) is 3.27. The molecular weight excluding hydrogens is 254 g/mol. The molecule has 0 aliphatic rings. The first-order valence-electron chi connectivity index (χ1n) is 6.27. The molecule has 2 N–H and O–H groups in total. The predicted molar refractivity (Wildman–Crippen MR) is 80.7 cm³/mol. The van der Waals surface area contributed by atoms with Crippen LogP contribution in [0.4, 0.5) is 5.69 Å². The van der Waals surface area contributed by atoms with Crippen LogP contribution >= 0.6 is 0 Å². The molecule has 4 heteroatoms. The van der Waals surface area contributed by atoms with Crippen LogP contribution in [0, 0.1) is 6.92 Å². The molecule has 106 valence electrons. The topological polar surface area (TPSA) is 53.7 Å². The van der Waals surface area contributed by atoms with Crippen LogP contribution in [0.15, 0.2) is 30.3 Å². The SMILES string of the molecule is COc1cc(OC)c(-c2cc(C)ccc2N)c(OC)c1. The van der Waals surface area contributed by atoms with Gasteiger partial charge in [0.25, 0.3) is 0 Å². The van der Waals surface area contributed by atoms with Crippen molar-refractivity contribution in [2.24, 2.45) is 0 Å². The van der Waals surface area contributed by atoms with Gasteiger partial charge >= 0.3 is 0 Å². The molecule has 0 aromatic heterocycles. The van der Waals surface area contributed by atoms with E-state index in [2.05, 4.69) is 0 Å². The normalized spacial score (nSPS) is 10.2. The van der Waals surface area contributed by atoms with E-state index in [4.69, 9.17) is 19.9 Å². The third-order valence-corrected chi connectivity index (χ3v) is 3.19. The number of anilines is 1. The van der Waals surface area contributed by atoms with Gasteiger partial charge in [-0.05, 0) is 19.1 Å². The number of aryl methyl sites for hydroxylation is 1. The van der Waals surface area contributed by atoms with Gasteiger partial charge in [0.05, 0.1) is 26.9 Å². The molecule has 0 heterocycles. The molecule has 0 saturated carbocycles. The molecule has 20 heavy (non-hydrogen) atoms. The van der Waals surface area contributed by atoms with E-state index in [9.17, 15) is 0 Å². The zero-order chi connectivity index (χ0) is 14.7. The first-order chi connectivity index (χ1) is 9.60. The summed E-state index contributed by atoms with van der Waals surface area (Å²) in [6, 6.07) is 9.51. The van der Waals surface area contributed by atoms with E-state index in [1.807, 2.05) is 37.3 Å². The molecule has 0 fully saturated rings. The van der Waals surface area contributed by atoms with Gasteiger partial charge < -0.3 is 19.9 Å². The Morgan fingerprint density at radius 2 is 1.45 bits per heavy atom. The van der Waals surface area contributed by atoms with Crippen LogP contribution in [0.1, 0.15) is 5.56 Å². The third kappa shape index (κ3) is 2.50. The number of ether oxygens (including phenoxy) is 3. The van der Waals surface area contributed by atoms with Crippen molar-refractivity contribution in [1.29, 1.82) is 0 Å². The van der Waals surface area contributed by atoms with E-state index in [-0.39, 0.29) is 0 Å². The second-order valence-corrected chi connectivity index (χ2v) is 4.50. The maximum atomic E-state index is 6.10. The lowest BCUT2D eigenvalue weighted by molar-refractivity contribution is 0.377. The zero-order valence-electron chi connectivity index (χ0n) is 12.2. The molecule has 0 aliphatic carbocycles. The van der Waals surface area contributed by atoms with Crippen molar-refractivity contribution < 1.29 is 14.2 Å². The van der Waals surface area contributed by atoms with Crippen LogP contribution in [0.25, 0.3) is 11.1 Å². The molecule has 0 unspecified atom stereocenters. The zero-order valence-corrected chi connectivity index (χ0v) is 12.2. The first-order valence-corrected chi connectivity index (χ1v) is 6.27. The highest BCUT2D eigenvalue weighted by Crippen LogP contribution is 2.44. The van der Waals surface area contributed by atoms with E-state index >= 15 is 0 Å². The quantitative estimate of drug-likeness (QED) is 0.869. The Labute approximate surface area is 119 Å². The van der Waals surface area contributed by atoms with Crippen LogP contribution in [0.2, 0.25) is 0 Å². The fraction of sp³-hybridized carbons (Fsp3) is 0.250. The molecule has 0 spiro atoms. The summed E-state index contributed by atoms with van der Waals surface area (Å²) in [6.45, 7) is 2.02. The summed E-state index contributed by atoms with van der Waals surface area (Å²) < 4.78 is 16.2. The Balaban J connectivity index is 2.74. The van der Waals surface area contributed by atoms with Gasteiger partial charge in [-0.15, -0.1) is 0 Å². The van der Waals surface area contributed by atoms with E-state index in [0.29, 0.717) is 22.9 Å². The van der Waals surface area contributed by atoms with Gasteiger partial charge in [-0.3, -0.25) is 0 Å². The van der Waals surface area contributed by atoms with Gasteiger partial charge in [-0.1, -0.05) is 11.6 Å². The number of hydrogen-bond donors (Lipinski definition) is 1. The monoisotopic (exact) mass is 273 g/mol. The Morgan fingerprint density at radius 3 is 1.95 bits per heavy atom. The minimum absolute atomic E-state index is 0.665. The van der Waals surface area contributed by atoms with Gasteiger partial charge in [0.1, 0.15) is 17.2 Å². The molecule has 0 saturated heterocycles. The number of hydrogen-bond acceptors (Lipinski definition) is 4. The summed E-state index contributed by atoms with van der Waals surface area (Å²) in [5.74, 6) is 2.01. The summed E-state index contributed by atoms with van der Waals surface area (Å²) in [7, 11) is 4.84. The first kappa shape index (κ1) is 14.1. The van der Waals surface area contributed by atoms with E-state index in [1.165, 1.54) is 0 Å². The van der Waals surface area contributed by atoms with Gasteiger partial charge in [0.15, 0.2) is 0 Å². The summed E-state index contributed by atoms with van der Waals surface area (Å²) in [4.78, 5) is 0. The van der Waals surface area contributed by atoms with Crippen LogP contribution in [0.3, 0.4) is 0 Å². The maximum absolute atomic E-state index is 6.10. The Morgan fingerprint density at radius 1 is 0.850 bits per heavy atom. The Bertz CT molecular complexity index is 598. The molecule has 2 aromatic carbocycles. The van der Waals surface area contributed by atoms with Crippen molar-refractivity contribution in [3.8, 4) is 28.4 Å². The lowest BCUT2D eigenvalue weighted by Gasteiger charge is -2.17. The number of nitrogens with two attached hydrogens (primary N) is 1. The van der Waals surface area contributed by atoms with Crippen molar-refractivity contribution in [2.45, 2.75) is 6.92 Å². The largest absolute Gasteiger partial charge is 0.496 e. The molecule has 0 amide bonds. The van der Waals surface area contributed by atoms with Crippen molar-refractivity contribution in [2.75, 3.05) is 27.1 Å². The maximum Gasteiger partial charge on any atom is 0.134 e. The average molecular weight is 273 g/mol. The van der Waals surface area contributed by atoms with Crippen molar-refractivity contribution in [3.63, 3.8) is 0 Å². The fourth-order valence-corrected chi connectivity index (χ4v) is 2.16. The Hall–Kier alpha value is -2.36. The molecule has 0 atom stereocenters. The van der Waals surface area contributed by atoms with Gasteiger partial charge in [-0.2, -0.15) is 0 Å². The number of nitrogen functional groups attached to an aromatic ring is 1. The lowest BCUT2D eigenvalue weighted by Crippen LogP contribution is -1.98. The highest BCUT2D eigenvalue weighted by molar-refractivity contribution is 5.86. The lowest BCUT2D eigenvalue weighted by atomic mass is 9.99.